The van der Waals surface area contributed by atoms with Gasteiger partial charge in [0.25, 0.3) is 0 Å². The van der Waals surface area contributed by atoms with Crippen LogP contribution in [0.4, 0.5) is 0 Å². The molecule has 0 aromatic carbocycles. The maximum Gasteiger partial charge on any atom is 0.150 e. The van der Waals surface area contributed by atoms with Crippen molar-refractivity contribution >= 4 is 5.78 Å². The Morgan fingerprint density at radius 1 is 0.967 bits per heavy atom. The summed E-state index contributed by atoms with van der Waals surface area (Å²) in [5.74, 6) is 4.15. The van der Waals surface area contributed by atoms with Gasteiger partial charge in [-0.3, -0.25) is 9.69 Å². The Balaban J connectivity index is 1.31. The fourth-order valence-corrected chi connectivity index (χ4v) is 9.13. The van der Waals surface area contributed by atoms with E-state index in [1.54, 1.807) is 0 Å². The number of fused-ring (bicyclic) bond motifs is 5. The third kappa shape index (κ3) is 3.40. The van der Waals surface area contributed by atoms with Gasteiger partial charge in [-0.2, -0.15) is 0 Å². The molecule has 0 amide bonds. The predicted molar refractivity (Wildman–Crippen MR) is 118 cm³/mol. The largest absolute Gasteiger partial charge is 0.381 e. The van der Waals surface area contributed by atoms with Crippen molar-refractivity contribution in [3.8, 4) is 0 Å². The first-order valence-corrected chi connectivity index (χ1v) is 12.8. The minimum atomic E-state index is 0.239. The van der Waals surface area contributed by atoms with Crippen LogP contribution < -0.4 is 0 Å². The van der Waals surface area contributed by atoms with Crippen LogP contribution >= 0.6 is 0 Å². The topological polar surface area (TPSA) is 38.8 Å². The number of hydrogen-bond acceptors (Lipinski definition) is 4. The van der Waals surface area contributed by atoms with E-state index >= 15 is 0 Å². The van der Waals surface area contributed by atoms with E-state index in [4.69, 9.17) is 9.47 Å². The van der Waals surface area contributed by atoms with Crippen molar-refractivity contribution < 1.29 is 14.3 Å². The highest BCUT2D eigenvalue weighted by atomic mass is 16.5. The quantitative estimate of drug-likeness (QED) is 0.672. The van der Waals surface area contributed by atoms with Gasteiger partial charge in [0.15, 0.2) is 0 Å². The molecule has 170 valence electrons. The molecule has 1 saturated heterocycles. The summed E-state index contributed by atoms with van der Waals surface area (Å²) in [6.45, 7) is 9.16. The average molecular weight is 418 g/mol. The van der Waals surface area contributed by atoms with Crippen molar-refractivity contribution in [1.29, 1.82) is 0 Å². The molecule has 4 aliphatic carbocycles. The van der Waals surface area contributed by atoms with E-state index in [9.17, 15) is 4.79 Å². The summed E-state index contributed by atoms with van der Waals surface area (Å²) in [6, 6.07) is 0. The summed E-state index contributed by atoms with van der Waals surface area (Å²) >= 11 is 0. The Bertz CT molecular complexity index is 646. The van der Waals surface area contributed by atoms with Crippen molar-refractivity contribution in [3.63, 3.8) is 0 Å². The van der Waals surface area contributed by atoms with Crippen molar-refractivity contribution in [2.24, 2.45) is 40.4 Å². The monoisotopic (exact) mass is 417 g/mol. The first-order chi connectivity index (χ1) is 14.5. The third-order valence-electron chi connectivity index (χ3n) is 10.8. The van der Waals surface area contributed by atoms with Crippen molar-refractivity contribution in [3.05, 3.63) is 0 Å². The van der Waals surface area contributed by atoms with Crippen LogP contribution in [0.15, 0.2) is 0 Å². The number of ether oxygens (including phenoxy) is 2. The Labute approximate surface area is 183 Å². The maximum absolute atomic E-state index is 13.4. The van der Waals surface area contributed by atoms with Crippen LogP contribution in [0, 0.1) is 40.4 Å². The van der Waals surface area contributed by atoms with Crippen LogP contribution in [0.1, 0.15) is 71.6 Å². The summed E-state index contributed by atoms with van der Waals surface area (Å²) in [6.07, 6.45) is 12.2. The number of methoxy groups -OCH3 is 1. The first kappa shape index (κ1) is 21.4. The van der Waals surface area contributed by atoms with Gasteiger partial charge in [0.2, 0.25) is 0 Å². The van der Waals surface area contributed by atoms with Crippen LogP contribution in [-0.2, 0) is 14.3 Å². The van der Waals surface area contributed by atoms with Gasteiger partial charge in [0, 0.05) is 26.1 Å². The molecule has 30 heavy (non-hydrogen) atoms. The SMILES string of the molecule is COC1CCC2CCC3C(CCC4(C)C(C(=O)CN5CCOCC5)CCC34)C2(C)C1. The predicted octanol–water partition coefficient (Wildman–Crippen LogP) is 4.56. The summed E-state index contributed by atoms with van der Waals surface area (Å²) in [5, 5.41) is 0. The highest BCUT2D eigenvalue weighted by Gasteiger charge is 2.61. The van der Waals surface area contributed by atoms with Crippen LogP contribution in [0.25, 0.3) is 0 Å². The molecule has 0 spiro atoms. The molecule has 8 atom stereocenters. The van der Waals surface area contributed by atoms with E-state index in [-0.39, 0.29) is 11.3 Å². The molecule has 1 heterocycles. The first-order valence-electron chi connectivity index (χ1n) is 12.8. The second-order valence-electron chi connectivity index (χ2n) is 11.8. The third-order valence-corrected chi connectivity index (χ3v) is 10.8. The number of carbonyl (C=O) groups excluding carboxylic acids is 1. The van der Waals surface area contributed by atoms with Gasteiger partial charge < -0.3 is 9.47 Å². The number of nitrogens with zero attached hydrogens (tertiary/aromatic N) is 1. The van der Waals surface area contributed by atoms with Crippen LogP contribution in [-0.4, -0.2) is 56.7 Å². The molecule has 5 rings (SSSR count). The maximum atomic E-state index is 13.4. The molecule has 8 unspecified atom stereocenters. The summed E-state index contributed by atoms with van der Waals surface area (Å²) in [7, 11) is 1.91. The molecular formula is C26H43NO3. The molecule has 5 fully saturated rings. The van der Waals surface area contributed by atoms with E-state index in [2.05, 4.69) is 18.7 Å². The average Bonchev–Trinajstić information content (AvgIpc) is 3.11. The molecule has 4 nitrogen and oxygen atoms in total. The van der Waals surface area contributed by atoms with Crippen LogP contribution in [0.2, 0.25) is 0 Å². The molecule has 4 saturated carbocycles. The molecule has 1 aliphatic heterocycles. The minimum Gasteiger partial charge on any atom is -0.381 e. The molecule has 0 radical (unpaired) electrons. The zero-order valence-corrected chi connectivity index (χ0v) is 19.5. The Morgan fingerprint density at radius 3 is 2.47 bits per heavy atom. The normalized spacial score (nSPS) is 49.2. The van der Waals surface area contributed by atoms with E-state index in [1.165, 1.54) is 51.4 Å². The molecule has 0 bridgehead atoms. The van der Waals surface area contributed by atoms with Gasteiger partial charge >= 0.3 is 0 Å². The van der Waals surface area contributed by atoms with Crippen molar-refractivity contribution in [1.82, 2.24) is 4.90 Å². The summed E-state index contributed by atoms with van der Waals surface area (Å²) in [5.41, 5.74) is 0.697. The van der Waals surface area contributed by atoms with E-state index in [1.807, 2.05) is 7.11 Å². The van der Waals surface area contributed by atoms with Crippen LogP contribution in [0.3, 0.4) is 0 Å². The number of hydrogen-bond donors (Lipinski definition) is 0. The second-order valence-corrected chi connectivity index (χ2v) is 11.8. The highest BCUT2D eigenvalue weighted by molar-refractivity contribution is 5.84. The Kier molecular flexibility index (Phi) is 5.82. The Hall–Kier alpha value is -0.450. The van der Waals surface area contributed by atoms with Gasteiger partial charge in [0.05, 0.1) is 25.9 Å². The minimum absolute atomic E-state index is 0.239. The molecule has 4 heteroatoms. The molecule has 5 aliphatic rings. The van der Waals surface area contributed by atoms with Gasteiger partial charge in [0.1, 0.15) is 5.78 Å². The number of carbonyl (C=O) groups is 1. The molecule has 0 aromatic rings. The lowest BCUT2D eigenvalue weighted by molar-refractivity contribution is -0.144. The second kappa shape index (κ2) is 8.15. The number of ketones is 1. The van der Waals surface area contributed by atoms with Gasteiger partial charge in [-0.25, -0.2) is 0 Å². The fourth-order valence-electron chi connectivity index (χ4n) is 9.13. The molecular weight excluding hydrogens is 374 g/mol. The molecule has 0 aromatic heterocycles. The number of rotatable bonds is 4. The standard InChI is InChI=1S/C26H43NO3/c1-25-11-10-22-20(7-5-18-4-6-19(29-3)16-26(18,22)2)21(25)8-9-23(25)24(28)17-27-12-14-30-15-13-27/h18-23H,4-17H2,1-3H3. The van der Waals surface area contributed by atoms with Gasteiger partial charge in [-0.05, 0) is 92.3 Å². The lowest BCUT2D eigenvalue weighted by atomic mass is 9.44. The van der Waals surface area contributed by atoms with Gasteiger partial charge in [-0.1, -0.05) is 13.8 Å². The van der Waals surface area contributed by atoms with E-state index in [0.717, 1.165) is 56.4 Å². The van der Waals surface area contributed by atoms with Crippen molar-refractivity contribution in [2.75, 3.05) is 40.0 Å². The van der Waals surface area contributed by atoms with Crippen molar-refractivity contribution in [2.45, 2.75) is 77.7 Å². The Morgan fingerprint density at radius 2 is 1.70 bits per heavy atom. The van der Waals surface area contributed by atoms with Gasteiger partial charge in [-0.15, -0.1) is 0 Å². The smallest absolute Gasteiger partial charge is 0.150 e. The zero-order chi connectivity index (χ0) is 20.9. The fraction of sp³-hybridized carbons (Fsp3) is 0.962. The lowest BCUT2D eigenvalue weighted by Gasteiger charge is -2.61. The summed E-state index contributed by atoms with van der Waals surface area (Å²) in [4.78, 5) is 15.7. The number of Topliss-reactive ketones (excluding diaryl/α,β-unsaturated/α-hetero) is 1. The molecule has 0 N–H and O–H groups in total. The van der Waals surface area contributed by atoms with E-state index in [0.29, 0.717) is 23.8 Å². The van der Waals surface area contributed by atoms with Crippen LogP contribution in [0.5, 0.6) is 0 Å². The zero-order valence-electron chi connectivity index (χ0n) is 19.5. The van der Waals surface area contributed by atoms with E-state index < -0.39 is 0 Å². The number of morpholine rings is 1. The summed E-state index contributed by atoms with van der Waals surface area (Å²) < 4.78 is 11.3. The lowest BCUT2D eigenvalue weighted by Crippen LogP contribution is -2.55. The highest BCUT2D eigenvalue weighted by Crippen LogP contribution is 2.67.